The average Bonchev–Trinajstić information content (AvgIpc) is 2.40. The summed E-state index contributed by atoms with van der Waals surface area (Å²) in [5, 5.41) is 0. The molecule has 1 aromatic rings. The quantitative estimate of drug-likeness (QED) is 0.770. The number of ketones is 1. The molecule has 0 atom stereocenters. The summed E-state index contributed by atoms with van der Waals surface area (Å²) in [6, 6.07) is 6.66. The highest BCUT2D eigenvalue weighted by Crippen LogP contribution is 2.13. The second-order valence-electron chi connectivity index (χ2n) is 4.20. The minimum absolute atomic E-state index is 0.315. The number of rotatable bonds is 4. The van der Waals surface area contributed by atoms with Crippen molar-refractivity contribution in [2.24, 2.45) is 0 Å². The number of nitrogens with zero attached hydrogens (tertiary/aromatic N) is 1. The van der Waals surface area contributed by atoms with Crippen LogP contribution in [0.4, 0.5) is 0 Å². The highest BCUT2D eigenvalue weighted by Gasteiger charge is 2.27. The Labute approximate surface area is 120 Å². The van der Waals surface area contributed by atoms with Gasteiger partial charge in [0.15, 0.2) is 5.78 Å². The van der Waals surface area contributed by atoms with Gasteiger partial charge in [0, 0.05) is 23.1 Å². The molecular formula is C12H14BrNO4S. The number of benzene rings is 1. The van der Waals surface area contributed by atoms with Gasteiger partial charge in [0.25, 0.3) is 0 Å². The zero-order valence-corrected chi connectivity index (χ0v) is 12.6. The van der Waals surface area contributed by atoms with E-state index in [0.29, 0.717) is 31.9 Å². The molecule has 0 radical (unpaired) electrons. The van der Waals surface area contributed by atoms with Gasteiger partial charge in [0.2, 0.25) is 10.0 Å². The molecule has 0 bridgehead atoms. The van der Waals surface area contributed by atoms with Crippen molar-refractivity contribution in [2.45, 2.75) is 0 Å². The first kappa shape index (κ1) is 14.6. The van der Waals surface area contributed by atoms with Crippen molar-refractivity contribution in [1.29, 1.82) is 0 Å². The van der Waals surface area contributed by atoms with Gasteiger partial charge in [-0.3, -0.25) is 4.79 Å². The molecule has 1 heterocycles. The van der Waals surface area contributed by atoms with Crippen LogP contribution in [0.15, 0.2) is 28.7 Å². The lowest BCUT2D eigenvalue weighted by molar-refractivity contribution is 0.0727. The molecule has 0 saturated carbocycles. The number of halogens is 1. The van der Waals surface area contributed by atoms with Gasteiger partial charge >= 0.3 is 0 Å². The zero-order chi connectivity index (χ0) is 13.9. The Balaban J connectivity index is 2.07. The second kappa shape index (κ2) is 6.13. The van der Waals surface area contributed by atoms with Crippen molar-refractivity contribution in [3.63, 3.8) is 0 Å². The van der Waals surface area contributed by atoms with Crippen LogP contribution in [0.25, 0.3) is 0 Å². The van der Waals surface area contributed by atoms with Crippen LogP contribution < -0.4 is 0 Å². The third kappa shape index (κ3) is 3.85. The predicted octanol–water partition coefficient (Wildman–Crippen LogP) is 1.29. The molecule has 5 nitrogen and oxygen atoms in total. The van der Waals surface area contributed by atoms with Crippen molar-refractivity contribution >= 4 is 31.7 Å². The Kier molecular flexibility index (Phi) is 4.72. The summed E-state index contributed by atoms with van der Waals surface area (Å²) >= 11 is 3.27. The van der Waals surface area contributed by atoms with Crippen molar-refractivity contribution < 1.29 is 17.9 Å². The van der Waals surface area contributed by atoms with E-state index in [9.17, 15) is 13.2 Å². The van der Waals surface area contributed by atoms with Crippen molar-refractivity contribution in [2.75, 3.05) is 32.1 Å². The van der Waals surface area contributed by atoms with Crippen LogP contribution >= 0.6 is 15.9 Å². The molecule has 1 aliphatic rings. The molecule has 1 aliphatic heterocycles. The van der Waals surface area contributed by atoms with Gasteiger partial charge in [-0.15, -0.1) is 0 Å². The summed E-state index contributed by atoms with van der Waals surface area (Å²) in [5.74, 6) is -0.881. The summed E-state index contributed by atoms with van der Waals surface area (Å²) in [4.78, 5) is 12.0. The molecule has 1 saturated heterocycles. The largest absolute Gasteiger partial charge is 0.379 e. The van der Waals surface area contributed by atoms with Crippen LogP contribution in [-0.2, 0) is 14.8 Å². The molecule has 0 amide bonds. The number of morpholine rings is 1. The smallest absolute Gasteiger partial charge is 0.221 e. The number of Topliss-reactive ketones (excluding diaryl/α,β-unsaturated/α-hetero) is 1. The average molecular weight is 348 g/mol. The van der Waals surface area contributed by atoms with Crippen LogP contribution in [0.3, 0.4) is 0 Å². The first-order valence-electron chi connectivity index (χ1n) is 5.83. The standard InChI is InChI=1S/C12H14BrNO4S/c13-11-3-1-10(2-4-11)12(15)9-19(16,17)14-5-7-18-8-6-14/h1-4H,5-9H2. The fourth-order valence-corrected chi connectivity index (χ4v) is 3.45. The first-order chi connectivity index (χ1) is 8.99. The van der Waals surface area contributed by atoms with Gasteiger partial charge < -0.3 is 4.74 Å². The van der Waals surface area contributed by atoms with Crippen molar-refractivity contribution in [3.05, 3.63) is 34.3 Å². The minimum Gasteiger partial charge on any atom is -0.379 e. The number of sulfonamides is 1. The van der Waals surface area contributed by atoms with E-state index in [1.54, 1.807) is 24.3 Å². The second-order valence-corrected chi connectivity index (χ2v) is 7.08. The molecule has 7 heteroatoms. The van der Waals surface area contributed by atoms with Gasteiger partial charge in [-0.2, -0.15) is 4.31 Å². The monoisotopic (exact) mass is 347 g/mol. The Morgan fingerprint density at radius 3 is 2.37 bits per heavy atom. The van der Waals surface area contributed by atoms with E-state index in [-0.39, 0.29) is 5.78 Å². The first-order valence-corrected chi connectivity index (χ1v) is 8.23. The lowest BCUT2D eigenvalue weighted by atomic mass is 10.2. The number of carbonyl (C=O) groups is 1. The summed E-state index contributed by atoms with van der Waals surface area (Å²) in [6.45, 7) is 1.39. The third-order valence-corrected chi connectivity index (χ3v) is 5.15. The Bertz CT molecular complexity index is 550. The van der Waals surface area contributed by atoms with E-state index >= 15 is 0 Å². The molecule has 104 valence electrons. The van der Waals surface area contributed by atoms with Crippen LogP contribution in [0, 0.1) is 0 Å². The van der Waals surface area contributed by atoms with E-state index in [4.69, 9.17) is 4.74 Å². The fraction of sp³-hybridized carbons (Fsp3) is 0.417. The summed E-state index contributed by atoms with van der Waals surface area (Å²) in [5.41, 5.74) is 0.403. The molecule has 1 fully saturated rings. The van der Waals surface area contributed by atoms with E-state index < -0.39 is 15.8 Å². The maximum Gasteiger partial charge on any atom is 0.221 e. The Hall–Kier alpha value is -0.760. The van der Waals surface area contributed by atoms with Gasteiger partial charge in [-0.05, 0) is 12.1 Å². The molecule has 19 heavy (non-hydrogen) atoms. The molecule has 1 aromatic carbocycles. The Morgan fingerprint density at radius 1 is 1.21 bits per heavy atom. The molecule has 0 aromatic heterocycles. The SMILES string of the molecule is O=C(CS(=O)(=O)N1CCOCC1)c1ccc(Br)cc1. The number of hydrogen-bond acceptors (Lipinski definition) is 4. The summed E-state index contributed by atoms with van der Waals surface area (Å²) in [6.07, 6.45) is 0. The minimum atomic E-state index is -3.55. The van der Waals surface area contributed by atoms with Gasteiger partial charge in [-0.25, -0.2) is 8.42 Å². The van der Waals surface area contributed by atoms with Gasteiger partial charge in [0.05, 0.1) is 13.2 Å². The van der Waals surface area contributed by atoms with E-state index in [2.05, 4.69) is 15.9 Å². The summed E-state index contributed by atoms with van der Waals surface area (Å²) < 4.78 is 31.4. The van der Waals surface area contributed by atoms with E-state index in [1.165, 1.54) is 4.31 Å². The fourth-order valence-electron chi connectivity index (χ4n) is 1.80. The van der Waals surface area contributed by atoms with Crippen molar-refractivity contribution in [3.8, 4) is 0 Å². The lowest BCUT2D eigenvalue weighted by Gasteiger charge is -2.25. The summed E-state index contributed by atoms with van der Waals surface area (Å²) in [7, 11) is -3.55. The van der Waals surface area contributed by atoms with Gasteiger partial charge in [0.1, 0.15) is 5.75 Å². The maximum atomic E-state index is 12.1. The van der Waals surface area contributed by atoms with Crippen LogP contribution in [0.5, 0.6) is 0 Å². The van der Waals surface area contributed by atoms with E-state index in [1.807, 2.05) is 0 Å². The number of hydrogen-bond donors (Lipinski definition) is 0. The van der Waals surface area contributed by atoms with Crippen LogP contribution in [-0.4, -0.2) is 50.6 Å². The normalized spacial score (nSPS) is 17.3. The topological polar surface area (TPSA) is 63.7 Å². The maximum absolute atomic E-state index is 12.1. The Morgan fingerprint density at radius 2 is 1.79 bits per heavy atom. The highest BCUT2D eigenvalue weighted by molar-refractivity contribution is 9.10. The van der Waals surface area contributed by atoms with Crippen LogP contribution in [0.1, 0.15) is 10.4 Å². The van der Waals surface area contributed by atoms with E-state index in [0.717, 1.165) is 4.47 Å². The molecule has 2 rings (SSSR count). The molecule has 0 N–H and O–H groups in total. The predicted molar refractivity (Wildman–Crippen MR) is 74.7 cm³/mol. The zero-order valence-electron chi connectivity index (χ0n) is 10.2. The molecule has 0 spiro atoms. The van der Waals surface area contributed by atoms with Gasteiger partial charge in [-0.1, -0.05) is 28.1 Å². The van der Waals surface area contributed by atoms with Crippen LogP contribution in [0.2, 0.25) is 0 Å². The lowest BCUT2D eigenvalue weighted by Crippen LogP contribution is -2.43. The molecule has 0 aliphatic carbocycles. The highest BCUT2D eigenvalue weighted by atomic mass is 79.9. The third-order valence-electron chi connectivity index (χ3n) is 2.84. The molecule has 0 unspecified atom stereocenters. The number of carbonyl (C=O) groups excluding carboxylic acids is 1. The van der Waals surface area contributed by atoms with Crippen molar-refractivity contribution in [1.82, 2.24) is 4.31 Å². The molecular weight excluding hydrogens is 334 g/mol. The number of ether oxygens (including phenoxy) is 1.